The molecule has 0 aliphatic heterocycles. The van der Waals surface area contributed by atoms with Crippen molar-refractivity contribution >= 4 is 17.2 Å². The van der Waals surface area contributed by atoms with Gasteiger partial charge in [0.05, 0.1) is 11.2 Å². The van der Waals surface area contributed by atoms with Crippen molar-refractivity contribution in [2.24, 2.45) is 0 Å². The molecule has 2 aromatic carbocycles. The van der Waals surface area contributed by atoms with Gasteiger partial charge in [-0.25, -0.2) is 9.97 Å². The maximum Gasteiger partial charge on any atom is 0.193 e. The van der Waals surface area contributed by atoms with Crippen LogP contribution in [0.4, 0.5) is 0 Å². The van der Waals surface area contributed by atoms with Gasteiger partial charge in [0.25, 0.3) is 0 Å². The largest absolute Gasteiger partial charge is 0.294 e. The Kier molecular flexibility index (Phi) is 2.57. The van der Waals surface area contributed by atoms with E-state index >= 15 is 0 Å². The van der Waals surface area contributed by atoms with Crippen LogP contribution in [0.15, 0.2) is 54.6 Å². The smallest absolute Gasteiger partial charge is 0.193 e. The molecule has 3 rings (SSSR count). The Bertz CT molecular complexity index is 708. The van der Waals surface area contributed by atoms with Crippen molar-refractivity contribution in [1.29, 1.82) is 0 Å². The van der Waals surface area contributed by atoms with Crippen LogP contribution in [0.3, 0.4) is 0 Å². The Labute approximate surface area is 104 Å². The van der Waals surface area contributed by atoms with Gasteiger partial charge in [0.15, 0.2) is 12.1 Å². The second kappa shape index (κ2) is 4.37. The highest BCUT2D eigenvalue weighted by Crippen LogP contribution is 2.25. The zero-order valence-corrected chi connectivity index (χ0v) is 9.58. The average Bonchev–Trinajstić information content (AvgIpc) is 2.47. The minimum absolute atomic E-state index is 0.215. The quantitative estimate of drug-likeness (QED) is 0.640. The molecule has 0 spiro atoms. The minimum Gasteiger partial charge on any atom is -0.294 e. The Morgan fingerprint density at radius 2 is 1.56 bits per heavy atom. The highest BCUT2D eigenvalue weighted by atomic mass is 16.1. The van der Waals surface area contributed by atoms with Gasteiger partial charge < -0.3 is 0 Å². The summed E-state index contributed by atoms with van der Waals surface area (Å²) in [6.45, 7) is 0. The van der Waals surface area contributed by atoms with Gasteiger partial charge in [-0.15, -0.1) is 0 Å². The van der Waals surface area contributed by atoms with E-state index < -0.39 is 0 Å². The molecule has 1 heterocycles. The molecule has 0 saturated carbocycles. The minimum atomic E-state index is 0.215. The summed E-state index contributed by atoms with van der Waals surface area (Å²) in [4.78, 5) is 19.4. The van der Waals surface area contributed by atoms with E-state index in [4.69, 9.17) is 0 Å². The van der Waals surface area contributed by atoms with Crippen LogP contribution in [0.2, 0.25) is 0 Å². The predicted octanol–water partition coefficient (Wildman–Crippen LogP) is 3.11. The number of rotatable bonds is 2. The molecule has 0 amide bonds. The third kappa shape index (κ3) is 1.76. The van der Waals surface area contributed by atoms with Crippen LogP contribution in [-0.2, 0) is 0 Å². The highest BCUT2D eigenvalue weighted by molar-refractivity contribution is 5.93. The molecule has 0 aliphatic carbocycles. The van der Waals surface area contributed by atoms with Gasteiger partial charge in [-0.1, -0.05) is 48.5 Å². The molecular weight excluding hydrogens is 224 g/mol. The molecule has 0 radical (unpaired) electrons. The third-order valence-corrected chi connectivity index (χ3v) is 2.77. The number of nitrogens with zero attached hydrogens (tertiary/aromatic N) is 2. The molecule has 18 heavy (non-hydrogen) atoms. The van der Waals surface area contributed by atoms with Crippen LogP contribution in [0.25, 0.3) is 22.2 Å². The summed E-state index contributed by atoms with van der Waals surface area (Å²) in [6.07, 6.45) is 0.679. The van der Waals surface area contributed by atoms with Gasteiger partial charge in [0, 0.05) is 10.9 Å². The van der Waals surface area contributed by atoms with E-state index in [0.717, 1.165) is 22.2 Å². The number of fused-ring (bicyclic) bond motifs is 1. The Morgan fingerprint density at radius 1 is 0.833 bits per heavy atom. The number of carbonyl (C=O) groups excluding carboxylic acids is 1. The van der Waals surface area contributed by atoms with Crippen molar-refractivity contribution in [2.45, 2.75) is 0 Å². The molecule has 3 heteroatoms. The Hall–Kier alpha value is -2.55. The number of hydrogen-bond acceptors (Lipinski definition) is 3. The molecule has 0 fully saturated rings. The molecule has 0 bridgehead atoms. The molecule has 1 aromatic heterocycles. The monoisotopic (exact) mass is 234 g/mol. The van der Waals surface area contributed by atoms with Gasteiger partial charge in [-0.3, -0.25) is 4.79 Å². The van der Waals surface area contributed by atoms with Crippen LogP contribution in [0.1, 0.15) is 10.6 Å². The second-order valence-corrected chi connectivity index (χ2v) is 3.93. The lowest BCUT2D eigenvalue weighted by atomic mass is 10.1. The number of carbonyl (C=O) groups is 1. The van der Waals surface area contributed by atoms with Gasteiger partial charge in [-0.2, -0.15) is 0 Å². The van der Waals surface area contributed by atoms with Crippen molar-refractivity contribution in [3.63, 3.8) is 0 Å². The Balaban J connectivity index is 2.36. The van der Waals surface area contributed by atoms with Gasteiger partial charge >= 0.3 is 0 Å². The first-order valence-electron chi connectivity index (χ1n) is 5.66. The van der Waals surface area contributed by atoms with Crippen molar-refractivity contribution < 1.29 is 4.79 Å². The van der Waals surface area contributed by atoms with E-state index in [0.29, 0.717) is 6.29 Å². The van der Waals surface area contributed by atoms with Gasteiger partial charge in [-0.05, 0) is 6.07 Å². The fourth-order valence-electron chi connectivity index (χ4n) is 1.96. The number of aldehydes is 1. The van der Waals surface area contributed by atoms with E-state index in [9.17, 15) is 4.79 Å². The number of para-hydroxylation sites is 1. The van der Waals surface area contributed by atoms with Crippen molar-refractivity contribution in [3.8, 4) is 11.3 Å². The summed E-state index contributed by atoms with van der Waals surface area (Å²) < 4.78 is 0. The first-order chi connectivity index (χ1) is 8.88. The molecule has 0 atom stereocenters. The molecule has 0 unspecified atom stereocenters. The first kappa shape index (κ1) is 10.6. The lowest BCUT2D eigenvalue weighted by Crippen LogP contribution is -1.96. The van der Waals surface area contributed by atoms with E-state index in [1.54, 1.807) is 0 Å². The summed E-state index contributed by atoms with van der Waals surface area (Å²) in [5.74, 6) is 0.215. The first-order valence-corrected chi connectivity index (χ1v) is 5.66. The van der Waals surface area contributed by atoms with Crippen molar-refractivity contribution in [3.05, 3.63) is 60.4 Å². The lowest BCUT2D eigenvalue weighted by molar-refractivity contribution is 0.111. The van der Waals surface area contributed by atoms with Gasteiger partial charge in [0.1, 0.15) is 0 Å². The fraction of sp³-hybridized carbons (Fsp3) is 0. The summed E-state index contributed by atoms with van der Waals surface area (Å²) in [5.41, 5.74) is 2.57. The molecule has 0 N–H and O–H groups in total. The zero-order valence-electron chi connectivity index (χ0n) is 9.58. The molecule has 3 aromatic rings. The SMILES string of the molecule is O=Cc1nc(-c2ccccc2)c2ccccc2n1. The van der Waals surface area contributed by atoms with E-state index in [1.807, 2.05) is 54.6 Å². The molecule has 86 valence electrons. The predicted molar refractivity (Wildman–Crippen MR) is 70.4 cm³/mol. The summed E-state index contributed by atoms with van der Waals surface area (Å²) in [5, 5.41) is 0.953. The van der Waals surface area contributed by atoms with Crippen LogP contribution in [-0.4, -0.2) is 16.3 Å². The van der Waals surface area contributed by atoms with E-state index in [2.05, 4.69) is 9.97 Å². The van der Waals surface area contributed by atoms with Crippen LogP contribution >= 0.6 is 0 Å². The molecule has 0 aliphatic rings. The second-order valence-electron chi connectivity index (χ2n) is 3.93. The maximum atomic E-state index is 10.9. The normalized spacial score (nSPS) is 10.4. The number of aromatic nitrogens is 2. The molecule has 3 nitrogen and oxygen atoms in total. The Morgan fingerprint density at radius 3 is 2.33 bits per heavy atom. The highest BCUT2D eigenvalue weighted by Gasteiger charge is 2.08. The number of hydrogen-bond donors (Lipinski definition) is 0. The standard InChI is InChI=1S/C15H10N2O/c18-10-14-16-13-9-5-4-8-12(13)15(17-14)11-6-2-1-3-7-11/h1-10H. The fourth-order valence-corrected chi connectivity index (χ4v) is 1.96. The topological polar surface area (TPSA) is 42.9 Å². The lowest BCUT2D eigenvalue weighted by Gasteiger charge is -2.06. The molecule has 0 saturated heterocycles. The third-order valence-electron chi connectivity index (χ3n) is 2.77. The van der Waals surface area contributed by atoms with Crippen LogP contribution in [0.5, 0.6) is 0 Å². The summed E-state index contributed by atoms with van der Waals surface area (Å²) in [7, 11) is 0. The number of benzene rings is 2. The summed E-state index contributed by atoms with van der Waals surface area (Å²) >= 11 is 0. The van der Waals surface area contributed by atoms with Gasteiger partial charge in [0.2, 0.25) is 0 Å². The van der Waals surface area contributed by atoms with E-state index in [1.165, 1.54) is 0 Å². The van der Waals surface area contributed by atoms with Crippen molar-refractivity contribution in [2.75, 3.05) is 0 Å². The zero-order chi connectivity index (χ0) is 12.4. The van der Waals surface area contributed by atoms with Crippen molar-refractivity contribution in [1.82, 2.24) is 9.97 Å². The molecular formula is C15H10N2O. The average molecular weight is 234 g/mol. The van der Waals surface area contributed by atoms with Crippen LogP contribution < -0.4 is 0 Å². The maximum absolute atomic E-state index is 10.9. The summed E-state index contributed by atoms with van der Waals surface area (Å²) in [6, 6.07) is 17.5. The van der Waals surface area contributed by atoms with E-state index in [-0.39, 0.29) is 5.82 Å². The van der Waals surface area contributed by atoms with Crippen LogP contribution in [0, 0.1) is 0 Å².